The molecule has 1 aromatic carbocycles. The SMILES string of the molecule is CC(C)CC(CO)NS(=O)(=O)c1ccc(Br)cc1Br. The Hall–Kier alpha value is 0.0500. The summed E-state index contributed by atoms with van der Waals surface area (Å²) in [5, 5.41) is 9.25. The van der Waals surface area contributed by atoms with Crippen molar-refractivity contribution in [2.24, 2.45) is 5.92 Å². The summed E-state index contributed by atoms with van der Waals surface area (Å²) in [5.41, 5.74) is 0. The van der Waals surface area contributed by atoms with Gasteiger partial charge < -0.3 is 5.11 Å². The molecule has 1 unspecified atom stereocenters. The van der Waals surface area contributed by atoms with Gasteiger partial charge in [0.2, 0.25) is 10.0 Å². The molecule has 0 spiro atoms. The van der Waals surface area contributed by atoms with Gasteiger partial charge in [0, 0.05) is 15.0 Å². The van der Waals surface area contributed by atoms with Crippen molar-refractivity contribution in [3.8, 4) is 0 Å². The van der Waals surface area contributed by atoms with Crippen LogP contribution < -0.4 is 4.72 Å². The van der Waals surface area contributed by atoms with Crippen LogP contribution in [0.2, 0.25) is 0 Å². The van der Waals surface area contributed by atoms with Gasteiger partial charge in [-0.1, -0.05) is 29.8 Å². The van der Waals surface area contributed by atoms with Gasteiger partial charge in [-0.3, -0.25) is 0 Å². The fraction of sp³-hybridized carbons (Fsp3) is 0.500. The molecule has 0 bridgehead atoms. The highest BCUT2D eigenvalue weighted by molar-refractivity contribution is 9.11. The molecule has 0 fully saturated rings. The Bertz CT molecular complexity index is 532. The lowest BCUT2D eigenvalue weighted by atomic mass is 10.1. The Kier molecular flexibility index (Phi) is 6.46. The van der Waals surface area contributed by atoms with Crippen LogP contribution in [0.15, 0.2) is 32.0 Å². The maximum Gasteiger partial charge on any atom is 0.242 e. The molecule has 1 rings (SSSR count). The second-order valence-electron chi connectivity index (χ2n) is 4.71. The molecule has 1 aromatic rings. The number of hydrogen-bond acceptors (Lipinski definition) is 3. The number of sulfonamides is 1. The van der Waals surface area contributed by atoms with Gasteiger partial charge in [-0.2, -0.15) is 0 Å². The Morgan fingerprint density at radius 1 is 1.32 bits per heavy atom. The minimum absolute atomic E-state index is 0.165. The standard InChI is InChI=1S/C12H17Br2NO3S/c1-8(2)5-10(7-16)15-19(17,18)12-4-3-9(13)6-11(12)14/h3-4,6,8,10,15-16H,5,7H2,1-2H3. The van der Waals surface area contributed by atoms with E-state index < -0.39 is 16.1 Å². The molecule has 0 aliphatic heterocycles. The van der Waals surface area contributed by atoms with Gasteiger partial charge in [0.1, 0.15) is 0 Å². The average Bonchev–Trinajstić information content (AvgIpc) is 2.26. The van der Waals surface area contributed by atoms with Crippen molar-refractivity contribution in [2.45, 2.75) is 31.2 Å². The number of nitrogens with one attached hydrogen (secondary N) is 1. The van der Waals surface area contributed by atoms with Crippen LogP contribution in [0.1, 0.15) is 20.3 Å². The van der Waals surface area contributed by atoms with E-state index in [0.29, 0.717) is 16.8 Å². The first-order valence-electron chi connectivity index (χ1n) is 5.84. The molecule has 19 heavy (non-hydrogen) atoms. The highest BCUT2D eigenvalue weighted by Gasteiger charge is 2.22. The molecule has 1 atom stereocenters. The molecule has 2 N–H and O–H groups in total. The number of hydrogen-bond donors (Lipinski definition) is 2. The van der Waals surface area contributed by atoms with Crippen LogP contribution in [0, 0.1) is 5.92 Å². The highest BCUT2D eigenvalue weighted by Crippen LogP contribution is 2.26. The predicted octanol–water partition coefficient (Wildman–Crippen LogP) is 2.90. The molecule has 0 aliphatic carbocycles. The molecule has 0 saturated heterocycles. The first-order valence-corrected chi connectivity index (χ1v) is 8.91. The summed E-state index contributed by atoms with van der Waals surface area (Å²) >= 11 is 6.51. The van der Waals surface area contributed by atoms with Crippen LogP contribution in [0.25, 0.3) is 0 Å². The topological polar surface area (TPSA) is 66.4 Å². The van der Waals surface area contributed by atoms with Gasteiger partial charge >= 0.3 is 0 Å². The van der Waals surface area contributed by atoms with Crippen molar-refractivity contribution in [2.75, 3.05) is 6.61 Å². The zero-order chi connectivity index (χ0) is 14.6. The third kappa shape index (κ3) is 5.15. The summed E-state index contributed by atoms with van der Waals surface area (Å²) in [6.07, 6.45) is 0.587. The zero-order valence-corrected chi connectivity index (χ0v) is 14.7. The Balaban J connectivity index is 2.97. The number of rotatable bonds is 6. The van der Waals surface area contributed by atoms with Gasteiger partial charge in [0.05, 0.1) is 11.5 Å². The van der Waals surface area contributed by atoms with Crippen molar-refractivity contribution < 1.29 is 13.5 Å². The van der Waals surface area contributed by atoms with Gasteiger partial charge in [-0.05, 0) is 46.5 Å². The second-order valence-corrected chi connectivity index (χ2v) is 8.16. The van der Waals surface area contributed by atoms with Crippen molar-refractivity contribution in [1.82, 2.24) is 4.72 Å². The minimum atomic E-state index is -3.64. The van der Waals surface area contributed by atoms with E-state index in [-0.39, 0.29) is 11.5 Å². The summed E-state index contributed by atoms with van der Waals surface area (Å²) in [6.45, 7) is 3.74. The van der Waals surface area contributed by atoms with Crippen LogP contribution in [0.3, 0.4) is 0 Å². The first-order chi connectivity index (χ1) is 8.76. The molecule has 0 aliphatic rings. The Morgan fingerprint density at radius 3 is 2.42 bits per heavy atom. The molecular formula is C12H17Br2NO3S. The van der Waals surface area contributed by atoms with Crippen molar-refractivity contribution in [1.29, 1.82) is 0 Å². The van der Waals surface area contributed by atoms with Gasteiger partial charge in [0.15, 0.2) is 0 Å². The van der Waals surface area contributed by atoms with Crippen molar-refractivity contribution >= 4 is 41.9 Å². The molecule has 0 aromatic heterocycles. The van der Waals surface area contributed by atoms with Gasteiger partial charge in [-0.15, -0.1) is 0 Å². The molecule has 0 saturated carbocycles. The van der Waals surface area contributed by atoms with Gasteiger partial charge in [0.25, 0.3) is 0 Å². The fourth-order valence-corrected chi connectivity index (χ4v) is 4.69. The number of halogens is 2. The number of aliphatic hydroxyl groups excluding tert-OH is 1. The van der Waals surface area contributed by atoms with Crippen molar-refractivity contribution in [3.05, 3.63) is 27.1 Å². The zero-order valence-electron chi connectivity index (χ0n) is 10.7. The third-order valence-electron chi connectivity index (χ3n) is 2.48. The summed E-state index contributed by atoms with van der Waals surface area (Å²) in [7, 11) is -3.64. The van der Waals surface area contributed by atoms with Crippen LogP contribution in [0.4, 0.5) is 0 Å². The predicted molar refractivity (Wildman–Crippen MR) is 82.5 cm³/mol. The van der Waals surface area contributed by atoms with E-state index in [1.165, 1.54) is 6.07 Å². The quantitative estimate of drug-likeness (QED) is 0.751. The lowest BCUT2D eigenvalue weighted by molar-refractivity contribution is 0.240. The Labute approximate surface area is 130 Å². The average molecular weight is 415 g/mol. The van der Waals surface area contributed by atoms with Gasteiger partial charge in [-0.25, -0.2) is 13.1 Å². The van der Waals surface area contributed by atoms with E-state index in [0.717, 1.165) is 4.47 Å². The van der Waals surface area contributed by atoms with Crippen LogP contribution in [0.5, 0.6) is 0 Å². The number of benzene rings is 1. The summed E-state index contributed by atoms with van der Waals surface area (Å²) in [6, 6.07) is 4.38. The lowest BCUT2D eigenvalue weighted by Crippen LogP contribution is -2.38. The summed E-state index contributed by atoms with van der Waals surface area (Å²) in [5.74, 6) is 0.299. The monoisotopic (exact) mass is 413 g/mol. The van der Waals surface area contributed by atoms with Crippen LogP contribution in [-0.2, 0) is 10.0 Å². The van der Waals surface area contributed by atoms with E-state index in [9.17, 15) is 13.5 Å². The molecule has 0 amide bonds. The first kappa shape index (κ1) is 17.1. The molecule has 7 heteroatoms. The fourth-order valence-electron chi connectivity index (χ4n) is 1.70. The molecule has 0 radical (unpaired) electrons. The van der Waals surface area contributed by atoms with E-state index in [2.05, 4.69) is 36.6 Å². The second kappa shape index (κ2) is 7.17. The highest BCUT2D eigenvalue weighted by atomic mass is 79.9. The summed E-state index contributed by atoms with van der Waals surface area (Å²) in [4.78, 5) is 0.165. The van der Waals surface area contributed by atoms with E-state index in [4.69, 9.17) is 0 Å². The third-order valence-corrected chi connectivity index (χ3v) is 5.47. The maximum atomic E-state index is 12.2. The normalized spacial score (nSPS) is 13.8. The smallest absolute Gasteiger partial charge is 0.242 e. The van der Waals surface area contributed by atoms with Crippen LogP contribution in [-0.4, -0.2) is 26.2 Å². The Morgan fingerprint density at radius 2 is 1.95 bits per heavy atom. The van der Waals surface area contributed by atoms with E-state index in [1.807, 2.05) is 13.8 Å². The number of aliphatic hydroxyl groups is 1. The minimum Gasteiger partial charge on any atom is -0.395 e. The molecule has 4 nitrogen and oxygen atoms in total. The van der Waals surface area contributed by atoms with E-state index in [1.54, 1.807) is 12.1 Å². The van der Waals surface area contributed by atoms with E-state index >= 15 is 0 Å². The van der Waals surface area contributed by atoms with Crippen molar-refractivity contribution in [3.63, 3.8) is 0 Å². The largest absolute Gasteiger partial charge is 0.395 e. The molecular weight excluding hydrogens is 398 g/mol. The molecule has 0 heterocycles. The summed E-state index contributed by atoms with van der Waals surface area (Å²) < 4.78 is 28.3. The maximum absolute atomic E-state index is 12.2. The lowest BCUT2D eigenvalue weighted by Gasteiger charge is -2.18. The van der Waals surface area contributed by atoms with Crippen LogP contribution >= 0.6 is 31.9 Å². The molecule has 108 valence electrons.